The molecule has 1 amide bonds. The SMILES string of the molecule is COc1ccc(CCNC(=O)CCC(=O)O)c(O)c1. The lowest BCUT2D eigenvalue weighted by atomic mass is 10.1. The summed E-state index contributed by atoms with van der Waals surface area (Å²) in [4.78, 5) is 21.5. The van der Waals surface area contributed by atoms with E-state index in [0.29, 0.717) is 24.3 Å². The number of nitrogens with one attached hydrogen (secondary N) is 1. The molecule has 0 aliphatic heterocycles. The van der Waals surface area contributed by atoms with Crippen LogP contribution >= 0.6 is 0 Å². The Balaban J connectivity index is 2.37. The van der Waals surface area contributed by atoms with Crippen LogP contribution in [0, 0.1) is 0 Å². The number of rotatable bonds is 7. The third-order valence-corrected chi connectivity index (χ3v) is 2.57. The van der Waals surface area contributed by atoms with Gasteiger partial charge >= 0.3 is 5.97 Å². The van der Waals surface area contributed by atoms with Crippen LogP contribution in [0.15, 0.2) is 18.2 Å². The number of carbonyl (C=O) groups is 2. The summed E-state index contributed by atoms with van der Waals surface area (Å²) in [5, 5.41) is 20.7. The first-order chi connectivity index (χ1) is 9.02. The first-order valence-corrected chi connectivity index (χ1v) is 5.87. The van der Waals surface area contributed by atoms with Crippen LogP contribution in [-0.4, -0.2) is 35.7 Å². The first kappa shape index (κ1) is 14.8. The highest BCUT2D eigenvalue weighted by Gasteiger charge is 2.06. The molecule has 0 aromatic heterocycles. The van der Waals surface area contributed by atoms with Crippen molar-refractivity contribution < 1.29 is 24.5 Å². The fraction of sp³-hybridized carbons (Fsp3) is 0.385. The maximum Gasteiger partial charge on any atom is 0.303 e. The Kier molecular flexibility index (Phi) is 5.66. The van der Waals surface area contributed by atoms with E-state index in [2.05, 4.69) is 5.32 Å². The zero-order chi connectivity index (χ0) is 14.3. The molecule has 0 aliphatic rings. The van der Waals surface area contributed by atoms with E-state index in [0.717, 1.165) is 0 Å². The Morgan fingerprint density at radius 1 is 1.32 bits per heavy atom. The molecular weight excluding hydrogens is 250 g/mol. The maximum absolute atomic E-state index is 11.3. The largest absolute Gasteiger partial charge is 0.508 e. The molecule has 1 rings (SSSR count). The second kappa shape index (κ2) is 7.25. The summed E-state index contributed by atoms with van der Waals surface area (Å²) >= 11 is 0. The molecular formula is C13H17NO5. The van der Waals surface area contributed by atoms with E-state index in [1.807, 2.05) is 0 Å². The number of phenolic OH excluding ortho intramolecular Hbond substituents is 1. The Bertz CT molecular complexity index is 458. The Labute approximate surface area is 111 Å². The van der Waals surface area contributed by atoms with E-state index in [-0.39, 0.29) is 24.5 Å². The maximum atomic E-state index is 11.3. The smallest absolute Gasteiger partial charge is 0.303 e. The molecule has 1 aromatic carbocycles. The van der Waals surface area contributed by atoms with Crippen LogP contribution in [0.3, 0.4) is 0 Å². The standard InChI is InChI=1S/C13H17NO5/c1-19-10-3-2-9(11(15)8-10)6-7-14-12(16)4-5-13(17)18/h2-3,8,15H,4-7H2,1H3,(H,14,16)(H,17,18). The van der Waals surface area contributed by atoms with Crippen LogP contribution in [-0.2, 0) is 16.0 Å². The van der Waals surface area contributed by atoms with Gasteiger partial charge in [-0.25, -0.2) is 0 Å². The third kappa shape index (κ3) is 5.29. The van der Waals surface area contributed by atoms with Crippen molar-refractivity contribution in [3.8, 4) is 11.5 Å². The van der Waals surface area contributed by atoms with Gasteiger partial charge in [-0.1, -0.05) is 6.07 Å². The number of ether oxygens (including phenoxy) is 1. The molecule has 0 radical (unpaired) electrons. The predicted octanol–water partition coefficient (Wildman–Crippen LogP) is 0.924. The van der Waals surface area contributed by atoms with Gasteiger partial charge in [0.1, 0.15) is 11.5 Å². The normalized spacial score (nSPS) is 9.95. The number of aliphatic carboxylic acids is 1. The monoisotopic (exact) mass is 267 g/mol. The summed E-state index contributed by atoms with van der Waals surface area (Å²) in [5.74, 6) is -0.635. The molecule has 0 bridgehead atoms. The third-order valence-electron chi connectivity index (χ3n) is 2.57. The fourth-order valence-corrected chi connectivity index (χ4v) is 1.53. The van der Waals surface area contributed by atoms with Crippen molar-refractivity contribution in [3.05, 3.63) is 23.8 Å². The minimum Gasteiger partial charge on any atom is -0.508 e. The highest BCUT2D eigenvalue weighted by Crippen LogP contribution is 2.23. The van der Waals surface area contributed by atoms with Gasteiger partial charge in [0.05, 0.1) is 13.5 Å². The number of hydrogen-bond acceptors (Lipinski definition) is 4. The van der Waals surface area contributed by atoms with E-state index >= 15 is 0 Å². The second-order valence-corrected chi connectivity index (χ2v) is 3.99. The number of aromatic hydroxyl groups is 1. The molecule has 0 aliphatic carbocycles. The van der Waals surface area contributed by atoms with Gasteiger partial charge in [0.2, 0.25) is 5.91 Å². The zero-order valence-electron chi connectivity index (χ0n) is 10.7. The quantitative estimate of drug-likeness (QED) is 0.683. The van der Waals surface area contributed by atoms with Gasteiger partial charge in [-0.2, -0.15) is 0 Å². The minimum atomic E-state index is -0.997. The molecule has 1 aromatic rings. The van der Waals surface area contributed by atoms with Crippen LogP contribution in [0.2, 0.25) is 0 Å². The number of benzene rings is 1. The van der Waals surface area contributed by atoms with Crippen molar-refractivity contribution >= 4 is 11.9 Å². The van der Waals surface area contributed by atoms with Gasteiger partial charge in [-0.3, -0.25) is 9.59 Å². The Morgan fingerprint density at radius 2 is 2.05 bits per heavy atom. The van der Waals surface area contributed by atoms with Crippen molar-refractivity contribution in [2.75, 3.05) is 13.7 Å². The summed E-state index contributed by atoms with van der Waals surface area (Å²) in [7, 11) is 1.51. The number of amides is 1. The molecule has 0 saturated heterocycles. The minimum absolute atomic E-state index is 0.0378. The predicted molar refractivity (Wildman–Crippen MR) is 68.2 cm³/mol. The first-order valence-electron chi connectivity index (χ1n) is 5.87. The van der Waals surface area contributed by atoms with Crippen LogP contribution in [0.4, 0.5) is 0 Å². The summed E-state index contributed by atoms with van der Waals surface area (Å²) < 4.78 is 4.96. The van der Waals surface area contributed by atoms with E-state index in [9.17, 15) is 14.7 Å². The number of carboxylic acids is 1. The second-order valence-electron chi connectivity index (χ2n) is 3.99. The molecule has 6 nitrogen and oxygen atoms in total. The Morgan fingerprint density at radius 3 is 2.63 bits per heavy atom. The summed E-state index contributed by atoms with van der Waals surface area (Å²) in [5.41, 5.74) is 0.694. The lowest BCUT2D eigenvalue weighted by Crippen LogP contribution is -2.26. The number of methoxy groups -OCH3 is 1. The zero-order valence-corrected chi connectivity index (χ0v) is 10.7. The Hall–Kier alpha value is -2.24. The summed E-state index contributed by atoms with van der Waals surface area (Å²) in [6.07, 6.45) is 0.248. The molecule has 0 atom stereocenters. The van der Waals surface area contributed by atoms with E-state index in [4.69, 9.17) is 9.84 Å². The topological polar surface area (TPSA) is 95.9 Å². The van der Waals surface area contributed by atoms with Crippen molar-refractivity contribution in [1.82, 2.24) is 5.32 Å². The van der Waals surface area contributed by atoms with Crippen molar-refractivity contribution in [2.24, 2.45) is 0 Å². The van der Waals surface area contributed by atoms with Gasteiger partial charge < -0.3 is 20.3 Å². The van der Waals surface area contributed by atoms with Gasteiger partial charge in [-0.05, 0) is 18.1 Å². The van der Waals surface area contributed by atoms with Gasteiger partial charge in [-0.15, -0.1) is 0 Å². The molecule has 19 heavy (non-hydrogen) atoms. The molecule has 0 fully saturated rings. The molecule has 3 N–H and O–H groups in total. The highest BCUT2D eigenvalue weighted by molar-refractivity contribution is 5.80. The van der Waals surface area contributed by atoms with Gasteiger partial charge in [0.15, 0.2) is 0 Å². The fourth-order valence-electron chi connectivity index (χ4n) is 1.53. The van der Waals surface area contributed by atoms with Crippen LogP contribution in [0.1, 0.15) is 18.4 Å². The van der Waals surface area contributed by atoms with Crippen LogP contribution in [0.5, 0.6) is 11.5 Å². The molecule has 0 unspecified atom stereocenters. The van der Waals surface area contributed by atoms with Crippen molar-refractivity contribution in [2.45, 2.75) is 19.3 Å². The molecule has 6 heteroatoms. The van der Waals surface area contributed by atoms with E-state index in [1.165, 1.54) is 13.2 Å². The van der Waals surface area contributed by atoms with Gasteiger partial charge in [0.25, 0.3) is 0 Å². The molecule has 0 heterocycles. The summed E-state index contributed by atoms with van der Waals surface area (Å²) in [6, 6.07) is 4.94. The van der Waals surface area contributed by atoms with Crippen molar-refractivity contribution in [3.63, 3.8) is 0 Å². The number of hydrogen-bond donors (Lipinski definition) is 3. The van der Waals surface area contributed by atoms with Crippen molar-refractivity contribution in [1.29, 1.82) is 0 Å². The molecule has 0 saturated carbocycles. The van der Waals surface area contributed by atoms with Gasteiger partial charge in [0, 0.05) is 19.0 Å². The molecule has 104 valence electrons. The summed E-state index contributed by atoms with van der Waals surface area (Å²) in [6.45, 7) is 0.346. The number of carbonyl (C=O) groups excluding carboxylic acids is 1. The number of phenols is 1. The van der Waals surface area contributed by atoms with E-state index < -0.39 is 5.97 Å². The lowest BCUT2D eigenvalue weighted by Gasteiger charge is -2.08. The number of carboxylic acid groups (broad SMARTS) is 1. The van der Waals surface area contributed by atoms with Crippen LogP contribution < -0.4 is 10.1 Å². The lowest BCUT2D eigenvalue weighted by molar-refractivity contribution is -0.138. The van der Waals surface area contributed by atoms with E-state index in [1.54, 1.807) is 12.1 Å². The average Bonchev–Trinajstić information content (AvgIpc) is 2.38. The average molecular weight is 267 g/mol. The molecule has 0 spiro atoms. The highest BCUT2D eigenvalue weighted by atomic mass is 16.5. The van der Waals surface area contributed by atoms with Crippen LogP contribution in [0.25, 0.3) is 0 Å².